The zero-order chi connectivity index (χ0) is 14.2. The molecule has 0 aliphatic heterocycles. The van der Waals surface area contributed by atoms with E-state index in [2.05, 4.69) is 27.2 Å². The van der Waals surface area contributed by atoms with Crippen LogP contribution < -0.4 is 5.32 Å². The maximum atomic E-state index is 11.7. The topological polar surface area (TPSA) is 80.0 Å². The van der Waals surface area contributed by atoms with E-state index in [4.69, 9.17) is 5.11 Å². The molecule has 0 aliphatic rings. The summed E-state index contributed by atoms with van der Waals surface area (Å²) < 4.78 is 1.61. The molecule has 6 nitrogen and oxygen atoms in total. The highest BCUT2D eigenvalue weighted by Gasteiger charge is 2.05. The molecular formula is C13H14N4O2S. The van der Waals surface area contributed by atoms with Gasteiger partial charge in [-0.2, -0.15) is 5.10 Å². The molecule has 2 heterocycles. The lowest BCUT2D eigenvalue weighted by molar-refractivity contribution is -0.121. The van der Waals surface area contributed by atoms with Gasteiger partial charge in [-0.1, -0.05) is 11.8 Å². The van der Waals surface area contributed by atoms with Crippen LogP contribution >= 0.6 is 11.3 Å². The van der Waals surface area contributed by atoms with Crippen molar-refractivity contribution in [1.82, 2.24) is 20.1 Å². The largest absolute Gasteiger partial charge is 0.384 e. The Hall–Kier alpha value is -2.17. The molecule has 2 rings (SSSR count). The SMILES string of the molecule is O=C(CCn1cncn1)NCc1sccc1C#CCO. The average Bonchev–Trinajstić information content (AvgIpc) is 3.11. The van der Waals surface area contributed by atoms with Gasteiger partial charge in [0.1, 0.15) is 19.3 Å². The van der Waals surface area contributed by atoms with E-state index in [1.807, 2.05) is 11.4 Å². The lowest BCUT2D eigenvalue weighted by Gasteiger charge is -2.04. The van der Waals surface area contributed by atoms with Crippen molar-refractivity contribution in [2.75, 3.05) is 6.61 Å². The van der Waals surface area contributed by atoms with Gasteiger partial charge in [-0.25, -0.2) is 4.98 Å². The first-order valence-electron chi connectivity index (χ1n) is 6.05. The van der Waals surface area contributed by atoms with Crippen molar-refractivity contribution in [2.24, 2.45) is 0 Å². The van der Waals surface area contributed by atoms with Gasteiger partial charge in [0.15, 0.2) is 0 Å². The molecule has 0 saturated heterocycles. The van der Waals surface area contributed by atoms with Crippen LogP contribution in [0, 0.1) is 11.8 Å². The molecule has 0 fully saturated rings. The lowest BCUT2D eigenvalue weighted by Crippen LogP contribution is -2.23. The zero-order valence-corrected chi connectivity index (χ0v) is 11.6. The fraction of sp³-hybridized carbons (Fsp3) is 0.308. The van der Waals surface area contributed by atoms with Gasteiger partial charge < -0.3 is 10.4 Å². The van der Waals surface area contributed by atoms with Crippen molar-refractivity contribution in [3.05, 3.63) is 34.5 Å². The molecule has 0 aromatic carbocycles. The fourth-order valence-corrected chi connectivity index (χ4v) is 2.33. The van der Waals surface area contributed by atoms with Crippen molar-refractivity contribution in [3.63, 3.8) is 0 Å². The second-order valence-electron chi connectivity index (χ2n) is 3.90. The smallest absolute Gasteiger partial charge is 0.222 e. The van der Waals surface area contributed by atoms with E-state index in [-0.39, 0.29) is 12.5 Å². The van der Waals surface area contributed by atoms with Crippen molar-refractivity contribution in [2.45, 2.75) is 19.5 Å². The Morgan fingerprint density at radius 3 is 3.20 bits per heavy atom. The molecule has 2 aromatic rings. The molecule has 2 N–H and O–H groups in total. The Balaban J connectivity index is 1.80. The normalized spacial score (nSPS) is 9.85. The Labute approximate surface area is 120 Å². The predicted molar refractivity (Wildman–Crippen MR) is 74.8 cm³/mol. The van der Waals surface area contributed by atoms with Crippen LogP contribution in [0.5, 0.6) is 0 Å². The van der Waals surface area contributed by atoms with Crippen LogP contribution in [0.2, 0.25) is 0 Å². The number of aryl methyl sites for hydroxylation is 1. The van der Waals surface area contributed by atoms with Gasteiger partial charge in [-0.05, 0) is 11.4 Å². The molecule has 0 atom stereocenters. The Bertz CT molecular complexity index is 610. The highest BCUT2D eigenvalue weighted by Crippen LogP contribution is 2.15. The summed E-state index contributed by atoms with van der Waals surface area (Å²) in [6.07, 6.45) is 3.37. The van der Waals surface area contributed by atoms with Crippen LogP contribution in [0.4, 0.5) is 0 Å². The average molecular weight is 290 g/mol. The molecule has 1 amide bonds. The number of amides is 1. The van der Waals surface area contributed by atoms with Crippen LogP contribution in [-0.4, -0.2) is 32.4 Å². The maximum absolute atomic E-state index is 11.7. The summed E-state index contributed by atoms with van der Waals surface area (Å²) >= 11 is 1.53. The van der Waals surface area contributed by atoms with Gasteiger partial charge >= 0.3 is 0 Å². The number of nitrogens with one attached hydrogen (secondary N) is 1. The molecule has 0 bridgehead atoms. The zero-order valence-electron chi connectivity index (χ0n) is 10.7. The molecule has 7 heteroatoms. The highest BCUT2D eigenvalue weighted by atomic mass is 32.1. The summed E-state index contributed by atoms with van der Waals surface area (Å²) in [4.78, 5) is 16.5. The minimum Gasteiger partial charge on any atom is -0.384 e. The highest BCUT2D eigenvalue weighted by molar-refractivity contribution is 7.10. The van der Waals surface area contributed by atoms with E-state index in [0.29, 0.717) is 19.5 Å². The number of rotatable bonds is 5. The van der Waals surface area contributed by atoms with E-state index >= 15 is 0 Å². The summed E-state index contributed by atoms with van der Waals surface area (Å²) in [6.45, 7) is 0.788. The third-order valence-electron chi connectivity index (χ3n) is 2.53. The van der Waals surface area contributed by atoms with Crippen molar-refractivity contribution < 1.29 is 9.90 Å². The Morgan fingerprint density at radius 2 is 2.45 bits per heavy atom. The third-order valence-corrected chi connectivity index (χ3v) is 3.45. The minimum atomic E-state index is -0.167. The summed E-state index contributed by atoms with van der Waals surface area (Å²) in [5, 5.41) is 17.4. The fourth-order valence-electron chi connectivity index (χ4n) is 1.56. The monoisotopic (exact) mass is 290 g/mol. The maximum Gasteiger partial charge on any atom is 0.222 e. The summed E-state index contributed by atoms with van der Waals surface area (Å²) in [7, 11) is 0. The summed E-state index contributed by atoms with van der Waals surface area (Å²) in [6, 6.07) is 1.88. The second-order valence-corrected chi connectivity index (χ2v) is 4.90. The first-order valence-corrected chi connectivity index (χ1v) is 6.93. The molecule has 104 valence electrons. The second kappa shape index (κ2) is 7.43. The van der Waals surface area contributed by atoms with Crippen molar-refractivity contribution in [1.29, 1.82) is 0 Å². The van der Waals surface area contributed by atoms with Gasteiger partial charge in [0.05, 0.1) is 13.1 Å². The number of carbonyl (C=O) groups is 1. The Kier molecular flexibility index (Phi) is 5.29. The third kappa shape index (κ3) is 4.19. The number of hydrogen-bond donors (Lipinski definition) is 2. The van der Waals surface area contributed by atoms with E-state index < -0.39 is 0 Å². The molecular weight excluding hydrogens is 276 g/mol. The van der Waals surface area contributed by atoms with Crippen molar-refractivity contribution in [3.8, 4) is 11.8 Å². The number of aliphatic hydroxyl groups is 1. The molecule has 0 aliphatic carbocycles. The number of nitrogens with zero attached hydrogens (tertiary/aromatic N) is 3. The van der Waals surface area contributed by atoms with Gasteiger partial charge in [-0.15, -0.1) is 11.3 Å². The predicted octanol–water partition coefficient (Wildman–Crippen LogP) is 0.390. The van der Waals surface area contributed by atoms with Crippen LogP contribution in [-0.2, 0) is 17.9 Å². The quantitative estimate of drug-likeness (QED) is 0.781. The van der Waals surface area contributed by atoms with E-state index in [0.717, 1.165) is 10.4 Å². The van der Waals surface area contributed by atoms with Crippen molar-refractivity contribution >= 4 is 17.2 Å². The first-order chi connectivity index (χ1) is 9.79. The molecule has 20 heavy (non-hydrogen) atoms. The molecule has 0 unspecified atom stereocenters. The van der Waals surface area contributed by atoms with Gasteiger partial charge in [0.25, 0.3) is 0 Å². The van der Waals surface area contributed by atoms with E-state index in [9.17, 15) is 4.79 Å². The summed E-state index contributed by atoms with van der Waals surface area (Å²) in [5.41, 5.74) is 0.848. The van der Waals surface area contributed by atoms with Crippen LogP contribution in [0.3, 0.4) is 0 Å². The van der Waals surface area contributed by atoms with Crippen LogP contribution in [0.25, 0.3) is 0 Å². The summed E-state index contributed by atoms with van der Waals surface area (Å²) in [5.74, 6) is 5.41. The number of thiophene rings is 1. The van der Waals surface area contributed by atoms with Crippen LogP contribution in [0.1, 0.15) is 16.9 Å². The van der Waals surface area contributed by atoms with E-state index in [1.54, 1.807) is 11.0 Å². The number of hydrogen-bond acceptors (Lipinski definition) is 5. The Morgan fingerprint density at radius 1 is 1.55 bits per heavy atom. The lowest BCUT2D eigenvalue weighted by atomic mass is 10.2. The minimum absolute atomic E-state index is 0.0463. The first kappa shape index (κ1) is 14.2. The standard InChI is InChI=1S/C13H14N4O2S/c18-6-1-2-11-4-7-20-12(11)8-15-13(19)3-5-17-10-14-9-16-17/h4,7,9-10,18H,3,5-6,8H2,(H,15,19). The molecule has 0 spiro atoms. The van der Waals surface area contributed by atoms with Crippen LogP contribution in [0.15, 0.2) is 24.1 Å². The number of aromatic nitrogens is 3. The number of carbonyl (C=O) groups excluding carboxylic acids is 1. The number of aliphatic hydroxyl groups excluding tert-OH is 1. The van der Waals surface area contributed by atoms with Gasteiger partial charge in [-0.3, -0.25) is 9.48 Å². The molecule has 0 saturated carbocycles. The van der Waals surface area contributed by atoms with Gasteiger partial charge in [0.2, 0.25) is 5.91 Å². The van der Waals surface area contributed by atoms with E-state index in [1.165, 1.54) is 17.7 Å². The molecule has 0 radical (unpaired) electrons. The molecule has 2 aromatic heterocycles. The van der Waals surface area contributed by atoms with Gasteiger partial charge in [0, 0.05) is 16.9 Å².